The summed E-state index contributed by atoms with van der Waals surface area (Å²) in [4.78, 5) is 67.1. The van der Waals surface area contributed by atoms with E-state index in [9.17, 15) is 24.0 Å². The van der Waals surface area contributed by atoms with E-state index in [1.54, 1.807) is 39.0 Å². The van der Waals surface area contributed by atoms with Crippen LogP contribution in [0, 0.1) is 0 Å². The number of likely N-dealkylation sites (N-methyl/N-ethyl adjacent to an activating group) is 1. The van der Waals surface area contributed by atoms with Gasteiger partial charge in [0.15, 0.2) is 0 Å². The lowest BCUT2D eigenvalue weighted by atomic mass is 9.99. The molecule has 50 heavy (non-hydrogen) atoms. The Morgan fingerprint density at radius 2 is 1.48 bits per heavy atom. The second kappa shape index (κ2) is 16.6. The summed E-state index contributed by atoms with van der Waals surface area (Å²) in [7, 11) is 2.71. The van der Waals surface area contributed by atoms with Gasteiger partial charge in [0.25, 0.3) is 0 Å². The molecule has 0 spiro atoms. The topological polar surface area (TPSA) is 136 Å². The zero-order valence-electron chi connectivity index (χ0n) is 29.3. The third kappa shape index (κ3) is 9.68. The Kier molecular flexibility index (Phi) is 12.3. The molecule has 2 N–H and O–H groups in total. The number of fused-ring (bicyclic) bond motifs is 1. The summed E-state index contributed by atoms with van der Waals surface area (Å²) >= 11 is 0. The lowest BCUT2D eigenvalue weighted by molar-refractivity contribution is -0.146. The average molecular weight is 681 g/mol. The Morgan fingerprint density at radius 3 is 2.10 bits per heavy atom. The van der Waals surface area contributed by atoms with Gasteiger partial charge in [-0.1, -0.05) is 84.9 Å². The third-order valence-corrected chi connectivity index (χ3v) is 7.96. The van der Waals surface area contributed by atoms with E-state index in [1.165, 1.54) is 30.5 Å². The van der Waals surface area contributed by atoms with Gasteiger partial charge in [0, 0.05) is 32.2 Å². The van der Waals surface area contributed by atoms with Crippen LogP contribution in [0.1, 0.15) is 50.1 Å². The molecule has 3 aromatic carbocycles. The van der Waals surface area contributed by atoms with Gasteiger partial charge in [0.2, 0.25) is 17.7 Å². The fraction of sp³-hybridized carbons (Fsp3) is 0.308. The monoisotopic (exact) mass is 680 g/mol. The molecule has 0 saturated heterocycles. The summed E-state index contributed by atoms with van der Waals surface area (Å²) in [5.74, 6) is -2.18. The molecular formula is C39H44N4O7. The van der Waals surface area contributed by atoms with Crippen molar-refractivity contribution in [1.82, 2.24) is 20.1 Å². The van der Waals surface area contributed by atoms with Crippen LogP contribution in [0.2, 0.25) is 0 Å². The standard InChI is InChI=1S/C39H44N4O7/c1-26(44)40-25-35(45)42(5)34(23-28-17-11-8-12-18-28)36(46)41-31(37(47)49-6)24-30-29-19-13-14-20-32(29)43(38(48)50-39(2,3)4)33(30)22-21-27-15-9-7-10-16-27/h7-22,31,34H,23-25H2,1-6H3,(H,40,44)(H,41,46)/b22-21+/t31-,34-/m0/s1. The smallest absolute Gasteiger partial charge is 0.419 e. The maximum absolute atomic E-state index is 14.1. The van der Waals surface area contributed by atoms with Crippen LogP contribution in [0.15, 0.2) is 84.9 Å². The van der Waals surface area contributed by atoms with E-state index in [1.807, 2.05) is 78.9 Å². The lowest BCUT2D eigenvalue weighted by Gasteiger charge is -2.29. The minimum atomic E-state index is -1.20. The van der Waals surface area contributed by atoms with E-state index < -0.39 is 41.6 Å². The molecule has 11 nitrogen and oxygen atoms in total. The van der Waals surface area contributed by atoms with Crippen molar-refractivity contribution in [2.45, 2.75) is 58.2 Å². The zero-order valence-corrected chi connectivity index (χ0v) is 29.3. The zero-order chi connectivity index (χ0) is 36.4. The molecule has 4 aromatic rings. The molecule has 1 heterocycles. The molecule has 3 amide bonds. The number of nitrogens with one attached hydrogen (secondary N) is 2. The van der Waals surface area contributed by atoms with Gasteiger partial charge >= 0.3 is 12.1 Å². The molecule has 0 aliphatic carbocycles. The molecule has 0 bridgehead atoms. The second-order valence-electron chi connectivity index (χ2n) is 12.8. The lowest BCUT2D eigenvalue weighted by Crippen LogP contribution is -2.55. The molecule has 0 saturated carbocycles. The van der Waals surface area contributed by atoms with E-state index in [2.05, 4.69) is 10.6 Å². The first-order valence-corrected chi connectivity index (χ1v) is 16.3. The number of hydrogen-bond acceptors (Lipinski definition) is 7. The van der Waals surface area contributed by atoms with Crippen LogP contribution < -0.4 is 10.6 Å². The van der Waals surface area contributed by atoms with Crippen molar-refractivity contribution in [2.75, 3.05) is 20.7 Å². The quantitative estimate of drug-likeness (QED) is 0.201. The van der Waals surface area contributed by atoms with Crippen LogP contribution in [0.3, 0.4) is 0 Å². The number of aromatic nitrogens is 1. The Hall–Kier alpha value is -5.71. The maximum Gasteiger partial charge on any atom is 0.419 e. The molecule has 0 unspecified atom stereocenters. The minimum absolute atomic E-state index is 0.0508. The van der Waals surface area contributed by atoms with Crippen LogP contribution in [0.5, 0.6) is 0 Å². The summed E-state index contributed by atoms with van der Waals surface area (Å²) in [6.07, 6.45) is 3.14. The van der Waals surface area contributed by atoms with Crippen molar-refractivity contribution >= 4 is 52.8 Å². The van der Waals surface area contributed by atoms with Gasteiger partial charge in [-0.3, -0.25) is 14.4 Å². The van der Waals surface area contributed by atoms with Crippen LogP contribution >= 0.6 is 0 Å². The predicted molar refractivity (Wildman–Crippen MR) is 192 cm³/mol. The summed E-state index contributed by atoms with van der Waals surface area (Å²) in [6.45, 7) is 6.34. The fourth-order valence-electron chi connectivity index (χ4n) is 5.51. The molecule has 11 heteroatoms. The number of ether oxygens (including phenoxy) is 2. The predicted octanol–water partition coefficient (Wildman–Crippen LogP) is 5.00. The molecule has 0 radical (unpaired) electrons. The van der Waals surface area contributed by atoms with Crippen molar-refractivity contribution in [2.24, 2.45) is 0 Å². The number of methoxy groups -OCH3 is 1. The highest BCUT2D eigenvalue weighted by Gasteiger charge is 2.33. The van der Waals surface area contributed by atoms with E-state index in [-0.39, 0.29) is 25.3 Å². The molecule has 4 rings (SSSR count). The van der Waals surface area contributed by atoms with Gasteiger partial charge < -0.3 is 25.0 Å². The average Bonchev–Trinajstić information content (AvgIpc) is 3.40. The summed E-state index contributed by atoms with van der Waals surface area (Å²) in [5, 5.41) is 5.99. The molecule has 0 aliphatic rings. The van der Waals surface area contributed by atoms with Crippen LogP contribution in [-0.4, -0.2) is 77.6 Å². The van der Waals surface area contributed by atoms with Gasteiger partial charge in [0.05, 0.1) is 24.9 Å². The van der Waals surface area contributed by atoms with Crippen LogP contribution in [-0.2, 0) is 41.5 Å². The fourth-order valence-corrected chi connectivity index (χ4v) is 5.51. The van der Waals surface area contributed by atoms with Crippen molar-refractivity contribution < 1.29 is 33.4 Å². The van der Waals surface area contributed by atoms with Crippen molar-refractivity contribution in [3.05, 3.63) is 107 Å². The summed E-state index contributed by atoms with van der Waals surface area (Å²) in [6, 6.07) is 23.7. The highest BCUT2D eigenvalue weighted by atomic mass is 16.6. The Bertz CT molecular complexity index is 1860. The normalized spacial score (nSPS) is 12.6. The van der Waals surface area contributed by atoms with Gasteiger partial charge in [0.1, 0.15) is 17.7 Å². The Balaban J connectivity index is 1.78. The second-order valence-corrected chi connectivity index (χ2v) is 12.8. The van der Waals surface area contributed by atoms with Gasteiger partial charge in [-0.25, -0.2) is 14.2 Å². The van der Waals surface area contributed by atoms with Gasteiger partial charge in [-0.05, 0) is 49.6 Å². The Labute approximate surface area is 292 Å². The van der Waals surface area contributed by atoms with Crippen molar-refractivity contribution in [1.29, 1.82) is 0 Å². The highest BCUT2D eigenvalue weighted by molar-refractivity contribution is 5.98. The van der Waals surface area contributed by atoms with Gasteiger partial charge in [-0.2, -0.15) is 0 Å². The van der Waals surface area contributed by atoms with Crippen molar-refractivity contribution in [3.63, 3.8) is 0 Å². The van der Waals surface area contributed by atoms with E-state index in [0.29, 0.717) is 22.2 Å². The number of hydrogen-bond donors (Lipinski definition) is 2. The molecule has 0 fully saturated rings. The molecular weight excluding hydrogens is 636 g/mol. The first-order chi connectivity index (χ1) is 23.8. The number of rotatable bonds is 12. The molecule has 2 atom stereocenters. The maximum atomic E-state index is 14.1. The first kappa shape index (κ1) is 37.1. The van der Waals surface area contributed by atoms with E-state index >= 15 is 0 Å². The minimum Gasteiger partial charge on any atom is -0.467 e. The molecule has 262 valence electrons. The number of esters is 1. The molecule has 1 aromatic heterocycles. The number of carbonyl (C=O) groups excluding carboxylic acids is 5. The van der Waals surface area contributed by atoms with E-state index in [4.69, 9.17) is 9.47 Å². The van der Waals surface area contributed by atoms with Crippen molar-refractivity contribution in [3.8, 4) is 0 Å². The van der Waals surface area contributed by atoms with Gasteiger partial charge in [-0.15, -0.1) is 0 Å². The summed E-state index contributed by atoms with van der Waals surface area (Å²) < 4.78 is 12.4. The number of carbonyl (C=O) groups is 5. The largest absolute Gasteiger partial charge is 0.467 e. The number of nitrogens with zero attached hydrogens (tertiary/aromatic N) is 2. The molecule has 0 aliphatic heterocycles. The third-order valence-electron chi connectivity index (χ3n) is 7.96. The van der Waals surface area contributed by atoms with Crippen LogP contribution in [0.25, 0.3) is 23.1 Å². The van der Waals surface area contributed by atoms with Crippen LogP contribution in [0.4, 0.5) is 4.79 Å². The Morgan fingerprint density at radius 1 is 0.860 bits per heavy atom. The van der Waals surface area contributed by atoms with E-state index in [0.717, 1.165) is 11.1 Å². The first-order valence-electron chi connectivity index (χ1n) is 16.3. The SMILES string of the molecule is COC(=O)[C@H](Cc1c(/C=C/c2ccccc2)n(C(=O)OC(C)(C)C)c2ccccc12)NC(=O)[C@H](Cc1ccccc1)N(C)C(=O)CNC(C)=O. The number of para-hydroxylation sites is 1. The highest BCUT2D eigenvalue weighted by Crippen LogP contribution is 2.31. The number of benzene rings is 3. The number of amides is 3. The summed E-state index contributed by atoms with van der Waals surface area (Å²) in [5.41, 5.74) is 2.51.